The van der Waals surface area contributed by atoms with Crippen molar-refractivity contribution in [3.8, 4) is 0 Å². The van der Waals surface area contributed by atoms with E-state index in [1.165, 1.54) is 12.0 Å². The fraction of sp³-hybridized carbons (Fsp3) is 0.467. The zero-order chi connectivity index (χ0) is 14.0. The molecule has 0 saturated heterocycles. The highest BCUT2D eigenvalue weighted by Crippen LogP contribution is 2.25. The minimum Gasteiger partial charge on any atom is -0.359 e. The van der Waals surface area contributed by atoms with Crippen LogP contribution in [0.1, 0.15) is 26.7 Å². The first kappa shape index (κ1) is 14.1. The second-order valence-electron chi connectivity index (χ2n) is 5.44. The smallest absolute Gasteiger partial charge is 0.154 e. The summed E-state index contributed by atoms with van der Waals surface area (Å²) in [6, 6.07) is 0. The fourth-order valence-electron chi connectivity index (χ4n) is 2.33. The van der Waals surface area contributed by atoms with Crippen LogP contribution in [0.4, 0.5) is 0 Å². The standard InChI is InChI=1S/C15H21NO2S/c1-11-6-4-5-7-14(11)16-15-9-8-13(10-12(15)2)19(3,17)18/h4-5,7-9,11,13,16H,6,10H2,1-3H3. The monoisotopic (exact) mass is 279 g/mol. The largest absolute Gasteiger partial charge is 0.359 e. The van der Waals surface area contributed by atoms with Crippen molar-refractivity contribution in [3.05, 3.63) is 47.3 Å². The van der Waals surface area contributed by atoms with E-state index < -0.39 is 9.84 Å². The van der Waals surface area contributed by atoms with Crippen LogP contribution in [-0.2, 0) is 9.84 Å². The van der Waals surface area contributed by atoms with Gasteiger partial charge in [-0.2, -0.15) is 0 Å². The van der Waals surface area contributed by atoms with Crippen molar-refractivity contribution in [1.82, 2.24) is 5.32 Å². The van der Waals surface area contributed by atoms with E-state index in [4.69, 9.17) is 0 Å². The third-order valence-electron chi connectivity index (χ3n) is 3.71. The summed E-state index contributed by atoms with van der Waals surface area (Å²) in [6.07, 6.45) is 12.9. The fourth-order valence-corrected chi connectivity index (χ4v) is 3.25. The van der Waals surface area contributed by atoms with E-state index >= 15 is 0 Å². The molecule has 19 heavy (non-hydrogen) atoms. The Morgan fingerprint density at radius 3 is 2.68 bits per heavy atom. The highest BCUT2D eigenvalue weighted by Gasteiger charge is 2.23. The van der Waals surface area contributed by atoms with Crippen LogP contribution in [0.15, 0.2) is 47.3 Å². The van der Waals surface area contributed by atoms with Crippen LogP contribution in [0.2, 0.25) is 0 Å². The lowest BCUT2D eigenvalue weighted by Gasteiger charge is -2.24. The third kappa shape index (κ3) is 3.38. The van der Waals surface area contributed by atoms with E-state index in [-0.39, 0.29) is 5.25 Å². The van der Waals surface area contributed by atoms with Gasteiger partial charge in [-0.25, -0.2) is 8.42 Å². The lowest BCUT2D eigenvalue weighted by atomic mass is 9.97. The first-order valence-corrected chi connectivity index (χ1v) is 8.54. The van der Waals surface area contributed by atoms with E-state index in [0.29, 0.717) is 12.3 Å². The van der Waals surface area contributed by atoms with E-state index in [1.54, 1.807) is 6.08 Å². The van der Waals surface area contributed by atoms with Crippen molar-refractivity contribution < 1.29 is 8.42 Å². The predicted octanol–water partition coefficient (Wildman–Crippen LogP) is 2.70. The maximum atomic E-state index is 11.6. The molecule has 104 valence electrons. The Morgan fingerprint density at radius 1 is 1.37 bits per heavy atom. The molecule has 0 saturated carbocycles. The van der Waals surface area contributed by atoms with Crippen LogP contribution in [0.3, 0.4) is 0 Å². The maximum Gasteiger partial charge on any atom is 0.154 e. The molecule has 0 fully saturated rings. The molecular formula is C15H21NO2S. The molecule has 0 amide bonds. The number of nitrogens with one attached hydrogen (secondary N) is 1. The summed E-state index contributed by atoms with van der Waals surface area (Å²) >= 11 is 0. The molecule has 0 aliphatic heterocycles. The lowest BCUT2D eigenvalue weighted by molar-refractivity contribution is 0.591. The topological polar surface area (TPSA) is 46.2 Å². The van der Waals surface area contributed by atoms with E-state index in [1.807, 2.05) is 13.0 Å². The van der Waals surface area contributed by atoms with E-state index in [2.05, 4.69) is 30.5 Å². The number of hydrogen-bond acceptors (Lipinski definition) is 3. The molecule has 2 aliphatic carbocycles. The van der Waals surface area contributed by atoms with E-state index in [9.17, 15) is 8.42 Å². The Morgan fingerprint density at radius 2 is 2.11 bits per heavy atom. The minimum absolute atomic E-state index is 0.379. The molecule has 0 radical (unpaired) electrons. The van der Waals surface area contributed by atoms with Crippen LogP contribution in [0.25, 0.3) is 0 Å². The summed E-state index contributed by atoms with van der Waals surface area (Å²) in [6.45, 7) is 4.18. The zero-order valence-electron chi connectivity index (χ0n) is 11.7. The van der Waals surface area contributed by atoms with Crippen LogP contribution in [0, 0.1) is 5.92 Å². The second kappa shape index (κ2) is 5.37. The first-order valence-electron chi connectivity index (χ1n) is 6.58. The average Bonchev–Trinajstić information content (AvgIpc) is 2.33. The quantitative estimate of drug-likeness (QED) is 0.864. The van der Waals surface area contributed by atoms with Gasteiger partial charge in [-0.3, -0.25) is 0 Å². The molecule has 3 nitrogen and oxygen atoms in total. The van der Waals surface area contributed by atoms with Crippen molar-refractivity contribution >= 4 is 9.84 Å². The summed E-state index contributed by atoms with van der Waals surface area (Å²) in [5, 5.41) is 3.06. The van der Waals surface area contributed by atoms with Gasteiger partial charge in [0.1, 0.15) is 0 Å². The Bertz CT molecular complexity index is 579. The molecule has 0 aromatic heterocycles. The molecule has 2 rings (SSSR count). The van der Waals surface area contributed by atoms with Crippen LogP contribution >= 0.6 is 0 Å². The molecule has 0 heterocycles. The molecule has 4 heteroatoms. The zero-order valence-corrected chi connectivity index (χ0v) is 12.5. The molecule has 0 spiro atoms. The highest BCUT2D eigenvalue weighted by atomic mass is 32.2. The van der Waals surface area contributed by atoms with Gasteiger partial charge in [0.2, 0.25) is 0 Å². The van der Waals surface area contributed by atoms with Crippen molar-refractivity contribution in [2.24, 2.45) is 5.92 Å². The Balaban J connectivity index is 2.13. The Hall–Kier alpha value is -1.29. The predicted molar refractivity (Wildman–Crippen MR) is 79.2 cm³/mol. The first-order chi connectivity index (χ1) is 8.88. The van der Waals surface area contributed by atoms with Crippen molar-refractivity contribution in [2.45, 2.75) is 31.9 Å². The normalized spacial score (nSPS) is 27.4. The van der Waals surface area contributed by atoms with Gasteiger partial charge in [0, 0.05) is 17.6 Å². The Kier molecular flexibility index (Phi) is 3.99. The molecular weight excluding hydrogens is 258 g/mol. The summed E-state index contributed by atoms with van der Waals surface area (Å²) in [7, 11) is -3.00. The van der Waals surface area contributed by atoms with Gasteiger partial charge in [0.25, 0.3) is 0 Å². The van der Waals surface area contributed by atoms with Crippen molar-refractivity contribution in [3.63, 3.8) is 0 Å². The summed E-state index contributed by atoms with van der Waals surface area (Å²) in [4.78, 5) is 0. The highest BCUT2D eigenvalue weighted by molar-refractivity contribution is 7.91. The van der Waals surface area contributed by atoms with Crippen LogP contribution in [-0.4, -0.2) is 19.9 Å². The Labute approximate surface area is 115 Å². The molecule has 0 bridgehead atoms. The molecule has 0 aromatic carbocycles. The van der Waals surface area contributed by atoms with Gasteiger partial charge in [0.15, 0.2) is 9.84 Å². The van der Waals surface area contributed by atoms with Gasteiger partial charge in [0.05, 0.1) is 5.25 Å². The summed E-state index contributed by atoms with van der Waals surface area (Å²) < 4.78 is 23.1. The molecule has 0 aromatic rings. The van der Waals surface area contributed by atoms with Gasteiger partial charge in [-0.1, -0.05) is 25.2 Å². The number of rotatable bonds is 3. The molecule has 1 N–H and O–H groups in total. The maximum absolute atomic E-state index is 11.6. The van der Waals surface area contributed by atoms with Crippen molar-refractivity contribution in [2.75, 3.05) is 6.26 Å². The number of allylic oxidation sites excluding steroid dienone is 6. The minimum atomic E-state index is -3.00. The summed E-state index contributed by atoms with van der Waals surface area (Å²) in [5.74, 6) is 0.478. The molecule has 2 aliphatic rings. The average molecular weight is 279 g/mol. The molecule has 2 atom stereocenters. The number of sulfone groups is 1. The summed E-state index contributed by atoms with van der Waals surface area (Å²) in [5.41, 5.74) is 3.33. The van der Waals surface area contributed by atoms with Gasteiger partial charge < -0.3 is 5.32 Å². The van der Waals surface area contributed by atoms with Gasteiger partial charge >= 0.3 is 0 Å². The van der Waals surface area contributed by atoms with Gasteiger partial charge in [-0.15, -0.1) is 0 Å². The van der Waals surface area contributed by atoms with Crippen LogP contribution in [0.5, 0.6) is 0 Å². The third-order valence-corrected chi connectivity index (χ3v) is 5.13. The second-order valence-corrected chi connectivity index (χ2v) is 7.70. The van der Waals surface area contributed by atoms with Crippen molar-refractivity contribution in [1.29, 1.82) is 0 Å². The SMILES string of the molecule is CC1=C(NC2=CC=CCC2C)C=CC(S(C)(=O)=O)C1. The van der Waals surface area contributed by atoms with Gasteiger partial charge in [-0.05, 0) is 43.4 Å². The number of hydrogen-bond donors (Lipinski definition) is 1. The van der Waals surface area contributed by atoms with Crippen LogP contribution < -0.4 is 5.32 Å². The molecule has 2 unspecified atom stereocenters. The van der Waals surface area contributed by atoms with E-state index in [0.717, 1.165) is 17.7 Å². The lowest BCUT2D eigenvalue weighted by Crippen LogP contribution is -2.25.